The molecule has 0 bridgehead atoms. The van der Waals surface area contributed by atoms with Gasteiger partial charge in [-0.25, -0.2) is 4.39 Å². The Morgan fingerprint density at radius 1 is 1.16 bits per heavy atom. The maximum atomic E-state index is 14.4. The van der Waals surface area contributed by atoms with E-state index < -0.39 is 18.3 Å². The highest BCUT2D eigenvalue weighted by Gasteiger charge is 2.56. The highest BCUT2D eigenvalue weighted by molar-refractivity contribution is 6.53. The van der Waals surface area contributed by atoms with Gasteiger partial charge in [-0.2, -0.15) is 0 Å². The number of aliphatic hydroxyl groups is 1. The summed E-state index contributed by atoms with van der Waals surface area (Å²) in [6, 6.07) is 0. The number of allylic oxidation sites excluding steroid dienone is 1. The molecule has 3 aliphatic rings. The molecule has 5 heteroatoms. The molecule has 1 heterocycles. The van der Waals surface area contributed by atoms with Crippen LogP contribution in [0.1, 0.15) is 53.4 Å². The molecule has 2 saturated carbocycles. The van der Waals surface area contributed by atoms with Crippen molar-refractivity contribution >= 4 is 7.12 Å². The highest BCUT2D eigenvalue weighted by atomic mass is 19.1. The largest absolute Gasteiger partial charge is 0.525 e. The second-order valence-corrected chi connectivity index (χ2v) is 7.46. The van der Waals surface area contributed by atoms with Gasteiger partial charge in [-0.05, 0) is 64.4 Å². The standard InChI is InChI=1S/C14H22BFO3/c1-12(2)13(3,4)19-15(18-12)11(16)9-5-14(6-9)7-10(17)8-14/h10,17H,5-8H2,1-4H3. The van der Waals surface area contributed by atoms with Crippen LogP contribution in [0.2, 0.25) is 0 Å². The van der Waals surface area contributed by atoms with E-state index in [1.807, 2.05) is 27.7 Å². The van der Waals surface area contributed by atoms with Crippen molar-refractivity contribution in [2.24, 2.45) is 5.41 Å². The number of rotatable bonds is 1. The molecule has 0 radical (unpaired) electrons. The molecule has 1 N–H and O–H groups in total. The summed E-state index contributed by atoms with van der Waals surface area (Å²) in [4.78, 5) is 0. The van der Waals surface area contributed by atoms with E-state index in [2.05, 4.69) is 0 Å². The van der Waals surface area contributed by atoms with Gasteiger partial charge in [0, 0.05) is 0 Å². The summed E-state index contributed by atoms with van der Waals surface area (Å²) >= 11 is 0. The van der Waals surface area contributed by atoms with E-state index in [1.54, 1.807) is 0 Å². The third-order valence-electron chi connectivity index (χ3n) is 5.31. The zero-order valence-electron chi connectivity index (χ0n) is 12.1. The molecule has 1 saturated heterocycles. The predicted molar refractivity (Wildman–Crippen MR) is 71.1 cm³/mol. The van der Waals surface area contributed by atoms with Crippen molar-refractivity contribution in [3.05, 3.63) is 11.3 Å². The van der Waals surface area contributed by atoms with Crippen LogP contribution in [-0.4, -0.2) is 29.5 Å². The first-order chi connectivity index (χ1) is 8.64. The van der Waals surface area contributed by atoms with Crippen LogP contribution in [0.15, 0.2) is 11.3 Å². The minimum Gasteiger partial charge on any atom is -0.398 e. The first-order valence-electron chi connectivity index (χ1n) is 7.05. The number of aliphatic hydroxyl groups excluding tert-OH is 1. The van der Waals surface area contributed by atoms with E-state index in [9.17, 15) is 9.50 Å². The first-order valence-corrected chi connectivity index (χ1v) is 7.05. The Balaban J connectivity index is 1.68. The molecule has 19 heavy (non-hydrogen) atoms. The molecule has 3 nitrogen and oxygen atoms in total. The summed E-state index contributed by atoms with van der Waals surface area (Å²) in [5, 5.41) is 9.36. The molecule has 1 aliphatic heterocycles. The normalized spacial score (nSPS) is 39.2. The molecular weight excluding hydrogens is 246 g/mol. The number of hydrogen-bond donors (Lipinski definition) is 1. The molecule has 0 aromatic rings. The molecule has 1 spiro atoms. The van der Waals surface area contributed by atoms with Gasteiger partial charge < -0.3 is 14.4 Å². The van der Waals surface area contributed by atoms with Crippen molar-refractivity contribution < 1.29 is 18.8 Å². The minimum absolute atomic E-state index is 0.176. The van der Waals surface area contributed by atoms with Gasteiger partial charge in [0.2, 0.25) is 0 Å². The second-order valence-electron chi connectivity index (χ2n) is 7.46. The van der Waals surface area contributed by atoms with Crippen molar-refractivity contribution in [2.75, 3.05) is 0 Å². The Labute approximate surface area is 114 Å². The van der Waals surface area contributed by atoms with Crippen LogP contribution >= 0.6 is 0 Å². The summed E-state index contributed by atoms with van der Waals surface area (Å²) in [5.74, 6) is 0. The Morgan fingerprint density at radius 2 is 1.63 bits per heavy atom. The van der Waals surface area contributed by atoms with Crippen LogP contribution in [0.25, 0.3) is 0 Å². The fraction of sp³-hybridized carbons (Fsp3) is 0.857. The number of halogens is 1. The molecule has 0 aromatic carbocycles. The van der Waals surface area contributed by atoms with Gasteiger partial charge in [-0.1, -0.05) is 0 Å². The van der Waals surface area contributed by atoms with E-state index in [1.165, 1.54) is 0 Å². The summed E-state index contributed by atoms with van der Waals surface area (Å²) in [6.07, 6.45) is 2.95. The lowest BCUT2D eigenvalue weighted by molar-refractivity contribution is -0.0574. The summed E-state index contributed by atoms with van der Waals surface area (Å²) < 4.78 is 25.8. The zero-order chi connectivity index (χ0) is 14.1. The van der Waals surface area contributed by atoms with Gasteiger partial charge in [0.05, 0.1) is 17.3 Å². The van der Waals surface area contributed by atoms with Crippen LogP contribution in [0.5, 0.6) is 0 Å². The highest BCUT2D eigenvalue weighted by Crippen LogP contribution is 2.59. The van der Waals surface area contributed by atoms with Gasteiger partial charge in [0.15, 0.2) is 0 Å². The number of hydrogen-bond acceptors (Lipinski definition) is 3. The molecule has 0 amide bonds. The molecular formula is C14H22BFO3. The molecule has 3 fully saturated rings. The SMILES string of the molecule is CC1(C)OB(C(F)=C2CC3(C2)CC(O)C3)OC1(C)C. The van der Waals surface area contributed by atoms with E-state index >= 15 is 0 Å². The van der Waals surface area contributed by atoms with Crippen LogP contribution in [0.3, 0.4) is 0 Å². The summed E-state index contributed by atoms with van der Waals surface area (Å²) in [6.45, 7) is 7.70. The van der Waals surface area contributed by atoms with Crippen molar-refractivity contribution in [3.63, 3.8) is 0 Å². The van der Waals surface area contributed by atoms with Gasteiger partial charge in [-0.3, -0.25) is 0 Å². The fourth-order valence-corrected chi connectivity index (χ4v) is 3.36. The van der Waals surface area contributed by atoms with Gasteiger partial charge in [0.25, 0.3) is 0 Å². The van der Waals surface area contributed by atoms with Crippen molar-refractivity contribution in [2.45, 2.75) is 70.7 Å². The molecule has 3 rings (SSSR count). The quantitative estimate of drug-likeness (QED) is 0.743. The Bertz CT molecular complexity index is 412. The lowest BCUT2D eigenvalue weighted by Crippen LogP contribution is -2.47. The average Bonchev–Trinajstić information content (AvgIpc) is 2.39. The maximum Gasteiger partial charge on any atom is 0.525 e. The van der Waals surface area contributed by atoms with Crippen LogP contribution in [0, 0.1) is 5.41 Å². The smallest absolute Gasteiger partial charge is 0.398 e. The Hall–Kier alpha value is -0.385. The average molecular weight is 268 g/mol. The van der Waals surface area contributed by atoms with Gasteiger partial charge in [-0.15, -0.1) is 0 Å². The lowest BCUT2D eigenvalue weighted by atomic mass is 9.51. The van der Waals surface area contributed by atoms with Crippen molar-refractivity contribution in [1.29, 1.82) is 0 Å². The van der Waals surface area contributed by atoms with Crippen LogP contribution < -0.4 is 0 Å². The topological polar surface area (TPSA) is 38.7 Å². The van der Waals surface area contributed by atoms with Crippen LogP contribution in [0.4, 0.5) is 4.39 Å². The van der Waals surface area contributed by atoms with Crippen LogP contribution in [-0.2, 0) is 9.31 Å². The monoisotopic (exact) mass is 268 g/mol. The summed E-state index contributed by atoms with van der Waals surface area (Å²) in [7, 11) is -0.859. The van der Waals surface area contributed by atoms with E-state index in [0.717, 1.165) is 31.3 Å². The predicted octanol–water partition coefficient (Wildman–Crippen LogP) is 2.78. The second kappa shape index (κ2) is 3.83. The minimum atomic E-state index is -0.859. The van der Waals surface area contributed by atoms with Crippen molar-refractivity contribution in [1.82, 2.24) is 0 Å². The van der Waals surface area contributed by atoms with Gasteiger partial charge >= 0.3 is 7.12 Å². The molecule has 0 aromatic heterocycles. The molecule has 106 valence electrons. The van der Waals surface area contributed by atoms with E-state index in [-0.39, 0.29) is 17.2 Å². The maximum absolute atomic E-state index is 14.4. The van der Waals surface area contributed by atoms with E-state index in [4.69, 9.17) is 9.31 Å². The fourth-order valence-electron chi connectivity index (χ4n) is 3.36. The Kier molecular flexibility index (Phi) is 2.74. The lowest BCUT2D eigenvalue weighted by Gasteiger charge is -2.53. The third-order valence-corrected chi connectivity index (χ3v) is 5.31. The third kappa shape index (κ3) is 1.98. The molecule has 2 aliphatic carbocycles. The van der Waals surface area contributed by atoms with E-state index in [0.29, 0.717) is 0 Å². The zero-order valence-corrected chi connectivity index (χ0v) is 12.1. The molecule has 0 unspecified atom stereocenters. The van der Waals surface area contributed by atoms with Gasteiger partial charge in [0.1, 0.15) is 5.73 Å². The summed E-state index contributed by atoms with van der Waals surface area (Å²) in [5.41, 5.74) is -0.251. The Morgan fingerprint density at radius 3 is 2.05 bits per heavy atom. The van der Waals surface area contributed by atoms with Crippen molar-refractivity contribution in [3.8, 4) is 0 Å². The first kappa shape index (κ1) is 13.6. The molecule has 0 atom stereocenters.